The lowest BCUT2D eigenvalue weighted by Gasteiger charge is -2.27. The monoisotopic (exact) mass is 478 g/mol. The van der Waals surface area contributed by atoms with Gasteiger partial charge in [0.15, 0.2) is 0 Å². The normalized spacial score (nSPS) is 20.3. The zero-order valence-corrected chi connectivity index (χ0v) is 20.3. The molecule has 0 spiro atoms. The quantitative estimate of drug-likeness (QED) is 0.501. The van der Waals surface area contributed by atoms with Gasteiger partial charge in [0.1, 0.15) is 12.6 Å². The van der Waals surface area contributed by atoms with Crippen LogP contribution in [0.1, 0.15) is 63.0 Å². The number of hydrogen-bond acceptors (Lipinski definition) is 4. The van der Waals surface area contributed by atoms with E-state index in [9.17, 15) is 19.5 Å². The van der Waals surface area contributed by atoms with Gasteiger partial charge in [-0.15, -0.1) is 0 Å². The van der Waals surface area contributed by atoms with E-state index < -0.39 is 30.1 Å². The van der Waals surface area contributed by atoms with Crippen molar-refractivity contribution in [3.05, 3.63) is 59.7 Å². The summed E-state index contributed by atoms with van der Waals surface area (Å²) in [4.78, 5) is 37.6. The van der Waals surface area contributed by atoms with Crippen molar-refractivity contribution in [1.29, 1.82) is 0 Å². The Morgan fingerprint density at radius 2 is 1.54 bits per heavy atom. The van der Waals surface area contributed by atoms with Gasteiger partial charge in [0.2, 0.25) is 5.91 Å². The van der Waals surface area contributed by atoms with Gasteiger partial charge in [-0.25, -0.2) is 4.79 Å². The molecule has 0 bridgehead atoms. The molecule has 2 aromatic carbocycles. The zero-order valence-electron chi connectivity index (χ0n) is 20.3. The van der Waals surface area contributed by atoms with Crippen molar-refractivity contribution in [2.24, 2.45) is 11.8 Å². The maximum Gasteiger partial charge on any atom is 0.407 e. The highest BCUT2D eigenvalue weighted by Crippen LogP contribution is 2.44. The molecule has 7 heteroatoms. The SMILES string of the molecule is CC(C)[C@@H](NC(=O)OCC1c2ccccc2-c2ccccc21)C(=O)N[C@H]1CCCCC[C@H]1C(=O)O. The molecule has 0 unspecified atom stereocenters. The highest BCUT2D eigenvalue weighted by atomic mass is 16.5. The topological polar surface area (TPSA) is 105 Å². The summed E-state index contributed by atoms with van der Waals surface area (Å²) in [7, 11) is 0. The van der Waals surface area contributed by atoms with Crippen LogP contribution in [0.4, 0.5) is 4.79 Å². The number of fused-ring (bicyclic) bond motifs is 3. The Balaban J connectivity index is 1.40. The van der Waals surface area contributed by atoms with Crippen LogP contribution in [0.3, 0.4) is 0 Å². The van der Waals surface area contributed by atoms with E-state index in [0.717, 1.165) is 41.5 Å². The first-order chi connectivity index (χ1) is 16.9. The van der Waals surface area contributed by atoms with Crippen LogP contribution < -0.4 is 10.6 Å². The van der Waals surface area contributed by atoms with Crippen LogP contribution >= 0.6 is 0 Å². The molecule has 4 rings (SSSR count). The van der Waals surface area contributed by atoms with Crippen molar-refractivity contribution in [1.82, 2.24) is 10.6 Å². The number of amides is 2. The molecule has 2 aromatic rings. The van der Waals surface area contributed by atoms with E-state index in [4.69, 9.17) is 4.74 Å². The van der Waals surface area contributed by atoms with Crippen LogP contribution in [0.15, 0.2) is 48.5 Å². The third kappa shape index (κ3) is 5.50. The summed E-state index contributed by atoms with van der Waals surface area (Å²) in [6.45, 7) is 3.85. The van der Waals surface area contributed by atoms with E-state index in [1.165, 1.54) is 0 Å². The number of ether oxygens (including phenoxy) is 1. The van der Waals surface area contributed by atoms with Crippen LogP contribution in [0.2, 0.25) is 0 Å². The Labute approximate surface area is 206 Å². The average molecular weight is 479 g/mol. The Bertz CT molecular complexity index is 1040. The van der Waals surface area contributed by atoms with Gasteiger partial charge in [0.05, 0.1) is 5.92 Å². The summed E-state index contributed by atoms with van der Waals surface area (Å²) >= 11 is 0. The highest BCUT2D eigenvalue weighted by Gasteiger charge is 2.34. The van der Waals surface area contributed by atoms with Crippen LogP contribution in [0.25, 0.3) is 11.1 Å². The largest absolute Gasteiger partial charge is 0.481 e. The molecule has 3 N–H and O–H groups in total. The Hall–Kier alpha value is -3.35. The van der Waals surface area contributed by atoms with Gasteiger partial charge in [-0.2, -0.15) is 0 Å². The summed E-state index contributed by atoms with van der Waals surface area (Å²) in [6, 6.07) is 15.0. The lowest BCUT2D eigenvalue weighted by atomic mass is 9.94. The molecule has 2 aliphatic carbocycles. The molecule has 0 heterocycles. The third-order valence-electron chi connectivity index (χ3n) is 7.23. The number of carboxylic acid groups (broad SMARTS) is 1. The predicted molar refractivity (Wildman–Crippen MR) is 133 cm³/mol. The molecule has 0 saturated heterocycles. The minimum atomic E-state index is -0.886. The molecule has 1 fully saturated rings. The van der Waals surface area contributed by atoms with E-state index in [1.54, 1.807) is 0 Å². The summed E-state index contributed by atoms with van der Waals surface area (Å²) in [6.07, 6.45) is 3.19. The maximum absolute atomic E-state index is 13.1. The minimum Gasteiger partial charge on any atom is -0.481 e. The fourth-order valence-electron chi connectivity index (χ4n) is 5.35. The molecule has 0 aliphatic heterocycles. The van der Waals surface area contributed by atoms with Gasteiger partial charge in [-0.3, -0.25) is 9.59 Å². The standard InChI is InChI=1S/C28H34N2O5/c1-17(2)25(26(31)29-24-15-5-3-4-14-22(24)27(32)33)30-28(34)35-16-23-20-12-8-6-10-18(20)19-11-7-9-13-21(19)23/h6-13,17,22-25H,3-5,14-16H2,1-2H3,(H,29,31)(H,30,34)(H,32,33)/t22-,24+,25-/m1/s1. The molecule has 186 valence electrons. The van der Waals surface area contributed by atoms with Crippen LogP contribution in [0.5, 0.6) is 0 Å². The highest BCUT2D eigenvalue weighted by molar-refractivity contribution is 5.87. The van der Waals surface area contributed by atoms with Gasteiger partial charge < -0.3 is 20.5 Å². The molecule has 1 saturated carbocycles. The molecule has 3 atom stereocenters. The fourth-order valence-corrected chi connectivity index (χ4v) is 5.35. The number of carbonyl (C=O) groups excluding carboxylic acids is 2. The second-order valence-corrected chi connectivity index (χ2v) is 9.89. The first-order valence-corrected chi connectivity index (χ1v) is 12.5. The van der Waals surface area contributed by atoms with Crippen LogP contribution in [0, 0.1) is 11.8 Å². The number of rotatable bonds is 7. The molecule has 7 nitrogen and oxygen atoms in total. The van der Waals surface area contributed by atoms with Crippen molar-refractivity contribution in [3.63, 3.8) is 0 Å². The molecule has 0 aromatic heterocycles. The van der Waals surface area contributed by atoms with Gasteiger partial charge in [-0.05, 0) is 41.0 Å². The minimum absolute atomic E-state index is 0.0678. The fraction of sp³-hybridized carbons (Fsp3) is 0.464. The van der Waals surface area contributed by atoms with Crippen LogP contribution in [-0.4, -0.2) is 41.8 Å². The Kier molecular flexibility index (Phi) is 7.73. The maximum atomic E-state index is 13.1. The summed E-state index contributed by atoms with van der Waals surface area (Å²) < 4.78 is 5.62. The lowest BCUT2D eigenvalue weighted by Crippen LogP contribution is -2.54. The molecule has 2 amide bonds. The predicted octanol–water partition coefficient (Wildman–Crippen LogP) is 4.70. The third-order valence-corrected chi connectivity index (χ3v) is 7.23. The number of aliphatic carboxylic acids is 1. The van der Waals surface area contributed by atoms with Crippen LogP contribution in [-0.2, 0) is 14.3 Å². The molecular weight excluding hydrogens is 444 g/mol. The van der Waals surface area contributed by atoms with Crippen molar-refractivity contribution in [3.8, 4) is 11.1 Å². The van der Waals surface area contributed by atoms with Gasteiger partial charge in [-0.1, -0.05) is 81.6 Å². The van der Waals surface area contributed by atoms with Crippen molar-refractivity contribution in [2.45, 2.75) is 64.0 Å². The van der Waals surface area contributed by atoms with E-state index in [0.29, 0.717) is 12.8 Å². The average Bonchev–Trinajstić information content (AvgIpc) is 2.97. The Morgan fingerprint density at radius 1 is 0.943 bits per heavy atom. The smallest absolute Gasteiger partial charge is 0.407 e. The van der Waals surface area contributed by atoms with Crippen molar-refractivity contribution < 1.29 is 24.2 Å². The number of hydrogen-bond donors (Lipinski definition) is 3. The number of alkyl carbamates (subject to hydrolysis) is 1. The van der Waals surface area contributed by atoms with E-state index in [-0.39, 0.29) is 24.3 Å². The first-order valence-electron chi connectivity index (χ1n) is 12.5. The first kappa shape index (κ1) is 24.8. The van der Waals surface area contributed by atoms with Crippen molar-refractivity contribution >= 4 is 18.0 Å². The summed E-state index contributed by atoms with van der Waals surface area (Å²) in [5.74, 6) is -2.12. The molecular formula is C28H34N2O5. The molecule has 0 radical (unpaired) electrons. The number of benzene rings is 2. The molecule has 35 heavy (non-hydrogen) atoms. The van der Waals surface area contributed by atoms with Gasteiger partial charge >= 0.3 is 12.1 Å². The zero-order chi connectivity index (χ0) is 24.9. The van der Waals surface area contributed by atoms with E-state index in [2.05, 4.69) is 34.9 Å². The lowest BCUT2D eigenvalue weighted by molar-refractivity contribution is -0.143. The second kappa shape index (κ2) is 10.9. The van der Waals surface area contributed by atoms with Gasteiger partial charge in [0, 0.05) is 12.0 Å². The van der Waals surface area contributed by atoms with E-state index in [1.807, 2.05) is 38.1 Å². The number of carbonyl (C=O) groups is 3. The van der Waals surface area contributed by atoms with Gasteiger partial charge in [0.25, 0.3) is 0 Å². The summed E-state index contributed by atoms with van der Waals surface area (Å²) in [5, 5.41) is 15.2. The Morgan fingerprint density at radius 3 is 2.14 bits per heavy atom. The molecule has 2 aliphatic rings. The van der Waals surface area contributed by atoms with E-state index >= 15 is 0 Å². The number of carboxylic acids is 1. The second-order valence-electron chi connectivity index (χ2n) is 9.89. The van der Waals surface area contributed by atoms with Crippen molar-refractivity contribution in [2.75, 3.05) is 6.61 Å². The number of nitrogens with one attached hydrogen (secondary N) is 2. The summed E-state index contributed by atoms with van der Waals surface area (Å²) in [5.41, 5.74) is 4.53.